The predicted molar refractivity (Wildman–Crippen MR) is 103 cm³/mol. The number of aryl methyl sites for hydroxylation is 1. The first-order chi connectivity index (χ1) is 12.7. The number of amides is 1. The molecular formula is C22H21N2O2. The van der Waals surface area contributed by atoms with Gasteiger partial charge in [-0.05, 0) is 48.7 Å². The van der Waals surface area contributed by atoms with Crippen LogP contribution in [0, 0.1) is 6.07 Å². The Kier molecular flexibility index (Phi) is 4.25. The summed E-state index contributed by atoms with van der Waals surface area (Å²) in [7, 11) is 0. The number of primary amides is 1. The van der Waals surface area contributed by atoms with Crippen LogP contribution in [0.25, 0.3) is 21.8 Å². The third kappa shape index (κ3) is 2.77. The van der Waals surface area contributed by atoms with E-state index in [1.165, 1.54) is 5.56 Å². The van der Waals surface area contributed by atoms with E-state index in [-0.39, 0.29) is 0 Å². The minimum absolute atomic E-state index is 0.415. The molecule has 0 aliphatic carbocycles. The van der Waals surface area contributed by atoms with Gasteiger partial charge in [-0.2, -0.15) is 0 Å². The highest BCUT2D eigenvalue weighted by Gasteiger charge is 2.17. The van der Waals surface area contributed by atoms with Crippen LogP contribution in [0.1, 0.15) is 41.3 Å². The van der Waals surface area contributed by atoms with Gasteiger partial charge in [0.25, 0.3) is 0 Å². The second-order valence-corrected chi connectivity index (χ2v) is 6.65. The van der Waals surface area contributed by atoms with Gasteiger partial charge < -0.3 is 14.7 Å². The van der Waals surface area contributed by atoms with E-state index in [1.807, 2.05) is 24.3 Å². The van der Waals surface area contributed by atoms with Gasteiger partial charge in [-0.3, -0.25) is 4.79 Å². The Morgan fingerprint density at radius 3 is 2.85 bits per heavy atom. The fourth-order valence-corrected chi connectivity index (χ4v) is 3.57. The zero-order chi connectivity index (χ0) is 18.1. The highest BCUT2D eigenvalue weighted by atomic mass is 16.3. The number of carbonyl (C=O) groups is 1. The molecule has 0 fully saturated rings. The molecule has 0 saturated carbocycles. The van der Waals surface area contributed by atoms with Crippen LogP contribution < -0.4 is 5.73 Å². The average molecular weight is 345 g/mol. The van der Waals surface area contributed by atoms with Gasteiger partial charge in [0.1, 0.15) is 0 Å². The normalized spacial score (nSPS) is 11.4. The number of hydrogen-bond acceptors (Lipinski definition) is 2. The van der Waals surface area contributed by atoms with E-state index in [9.17, 15) is 4.79 Å². The van der Waals surface area contributed by atoms with Gasteiger partial charge >= 0.3 is 0 Å². The summed E-state index contributed by atoms with van der Waals surface area (Å²) >= 11 is 0. The summed E-state index contributed by atoms with van der Waals surface area (Å²) in [6.45, 7) is 2.86. The fourth-order valence-electron chi connectivity index (χ4n) is 3.57. The van der Waals surface area contributed by atoms with E-state index < -0.39 is 5.91 Å². The number of rotatable bonds is 6. The zero-order valence-corrected chi connectivity index (χ0v) is 14.8. The van der Waals surface area contributed by atoms with Gasteiger partial charge in [-0.25, -0.2) is 0 Å². The molecule has 0 atom stereocenters. The second kappa shape index (κ2) is 6.71. The summed E-state index contributed by atoms with van der Waals surface area (Å²) in [6.07, 6.45) is 6.76. The van der Waals surface area contributed by atoms with E-state index in [0.717, 1.165) is 46.6 Å². The highest BCUT2D eigenvalue weighted by molar-refractivity contribution is 6.17. The van der Waals surface area contributed by atoms with Crippen LogP contribution in [0.15, 0.2) is 53.3 Å². The van der Waals surface area contributed by atoms with Crippen molar-refractivity contribution in [3.8, 4) is 0 Å². The quantitative estimate of drug-likeness (QED) is 0.551. The van der Waals surface area contributed by atoms with Gasteiger partial charge in [0.05, 0.1) is 30.1 Å². The van der Waals surface area contributed by atoms with Crippen LogP contribution in [0.5, 0.6) is 0 Å². The predicted octanol–water partition coefficient (Wildman–Crippen LogP) is 4.68. The molecule has 4 heteroatoms. The number of nitrogens with two attached hydrogens (primary N) is 1. The van der Waals surface area contributed by atoms with Gasteiger partial charge in [0, 0.05) is 21.9 Å². The molecule has 0 spiro atoms. The van der Waals surface area contributed by atoms with Crippen LogP contribution in [0.2, 0.25) is 0 Å². The summed E-state index contributed by atoms with van der Waals surface area (Å²) in [5.41, 5.74) is 10.6. The summed E-state index contributed by atoms with van der Waals surface area (Å²) in [5, 5.41) is 1.82. The minimum atomic E-state index is -0.415. The monoisotopic (exact) mass is 345 g/mol. The molecule has 1 amide bonds. The first-order valence-corrected chi connectivity index (χ1v) is 8.95. The first-order valence-electron chi connectivity index (χ1n) is 8.95. The Morgan fingerprint density at radius 2 is 2.12 bits per heavy atom. The van der Waals surface area contributed by atoms with Gasteiger partial charge in [-0.1, -0.05) is 25.5 Å². The Labute approximate surface area is 152 Å². The molecule has 0 saturated heterocycles. The molecule has 2 aromatic carbocycles. The van der Waals surface area contributed by atoms with Crippen molar-refractivity contribution < 1.29 is 9.21 Å². The van der Waals surface area contributed by atoms with Crippen molar-refractivity contribution in [2.45, 2.75) is 32.7 Å². The van der Waals surface area contributed by atoms with Crippen molar-refractivity contribution in [3.63, 3.8) is 0 Å². The lowest BCUT2D eigenvalue weighted by Crippen LogP contribution is -2.11. The molecule has 2 aromatic heterocycles. The molecule has 4 nitrogen and oxygen atoms in total. The molecule has 26 heavy (non-hydrogen) atoms. The summed E-state index contributed by atoms with van der Waals surface area (Å²) in [4.78, 5) is 12.0. The number of nitrogens with zero attached hydrogens (tertiary/aromatic N) is 1. The summed E-state index contributed by atoms with van der Waals surface area (Å²) < 4.78 is 7.45. The van der Waals surface area contributed by atoms with Crippen molar-refractivity contribution in [1.82, 2.24) is 4.57 Å². The van der Waals surface area contributed by atoms with Crippen molar-refractivity contribution in [1.29, 1.82) is 0 Å². The molecule has 4 rings (SSSR count). The Morgan fingerprint density at radius 1 is 1.23 bits per heavy atom. The standard InChI is InChI=1S/C22H21N2O2/c1-2-3-5-15-8-9-17-20(12-15)24(13-16-10-11-26-14-16)19-7-4-6-18(21(17)19)22(23)25/h4,6-8,10-12,14H,2-3,5,13H2,1H3,(H2,23,25). The smallest absolute Gasteiger partial charge is 0.249 e. The molecular weight excluding hydrogens is 324 g/mol. The molecule has 131 valence electrons. The second-order valence-electron chi connectivity index (χ2n) is 6.65. The number of hydrogen-bond donors (Lipinski definition) is 1. The number of carbonyl (C=O) groups excluding carboxylic acids is 1. The van der Waals surface area contributed by atoms with Crippen LogP contribution in [-0.4, -0.2) is 10.5 Å². The lowest BCUT2D eigenvalue weighted by Gasteiger charge is -2.07. The number of furan rings is 1. The highest BCUT2D eigenvalue weighted by Crippen LogP contribution is 2.33. The van der Waals surface area contributed by atoms with Gasteiger partial charge in [0.2, 0.25) is 5.91 Å². The number of benzene rings is 2. The molecule has 4 aromatic rings. The van der Waals surface area contributed by atoms with Gasteiger partial charge in [-0.15, -0.1) is 0 Å². The largest absolute Gasteiger partial charge is 0.472 e. The van der Waals surface area contributed by atoms with Gasteiger partial charge in [0.15, 0.2) is 0 Å². The minimum Gasteiger partial charge on any atom is -0.472 e. The maximum Gasteiger partial charge on any atom is 0.249 e. The molecule has 0 unspecified atom stereocenters. The van der Waals surface area contributed by atoms with Crippen molar-refractivity contribution >= 4 is 27.7 Å². The van der Waals surface area contributed by atoms with E-state index in [0.29, 0.717) is 12.1 Å². The Balaban J connectivity index is 1.99. The molecule has 2 N–H and O–H groups in total. The summed E-state index contributed by atoms with van der Waals surface area (Å²) in [5.74, 6) is -0.415. The third-order valence-electron chi connectivity index (χ3n) is 4.86. The molecule has 0 bridgehead atoms. The van der Waals surface area contributed by atoms with Crippen LogP contribution >= 0.6 is 0 Å². The Hall–Kier alpha value is -3.01. The van der Waals surface area contributed by atoms with Crippen molar-refractivity contribution in [2.75, 3.05) is 0 Å². The molecule has 0 aliphatic heterocycles. The van der Waals surface area contributed by atoms with Crippen molar-refractivity contribution in [2.24, 2.45) is 5.73 Å². The topological polar surface area (TPSA) is 61.2 Å². The SMILES string of the molecule is CCCCc1c[c]c2c3c(C(N)=O)cccc3n(Cc3ccoc3)c2c1. The maximum atomic E-state index is 12.0. The van der Waals surface area contributed by atoms with Crippen LogP contribution in [0.3, 0.4) is 0 Å². The third-order valence-corrected chi connectivity index (χ3v) is 4.86. The first kappa shape index (κ1) is 16.5. The average Bonchev–Trinajstić information content (AvgIpc) is 3.27. The maximum absolute atomic E-state index is 12.0. The molecule has 1 radical (unpaired) electrons. The van der Waals surface area contributed by atoms with E-state index in [4.69, 9.17) is 10.2 Å². The number of unbranched alkanes of at least 4 members (excludes halogenated alkanes) is 1. The number of fused-ring (bicyclic) bond motifs is 3. The lowest BCUT2D eigenvalue weighted by molar-refractivity contribution is 0.100. The van der Waals surface area contributed by atoms with E-state index >= 15 is 0 Å². The van der Waals surface area contributed by atoms with Crippen LogP contribution in [0.4, 0.5) is 0 Å². The zero-order valence-electron chi connectivity index (χ0n) is 14.8. The van der Waals surface area contributed by atoms with E-state index in [1.54, 1.807) is 18.6 Å². The molecule has 0 aliphatic rings. The lowest BCUT2D eigenvalue weighted by atomic mass is 10.0. The van der Waals surface area contributed by atoms with Crippen molar-refractivity contribution in [3.05, 3.63) is 71.7 Å². The Bertz CT molecular complexity index is 1070. The van der Waals surface area contributed by atoms with E-state index in [2.05, 4.69) is 23.6 Å². The van der Waals surface area contributed by atoms with Crippen LogP contribution in [-0.2, 0) is 13.0 Å². The molecule has 2 heterocycles. The summed E-state index contributed by atoms with van der Waals surface area (Å²) in [6, 6.07) is 15.3. The fraction of sp³-hybridized carbons (Fsp3) is 0.227. The number of aromatic nitrogens is 1.